The normalized spacial score (nSPS) is 9.53. The molecule has 6 nitrogen and oxygen atoms in total. The van der Waals surface area contributed by atoms with Crippen molar-refractivity contribution >= 4 is 11.6 Å². The van der Waals surface area contributed by atoms with E-state index in [0.717, 1.165) is 0 Å². The van der Waals surface area contributed by atoms with Crippen LogP contribution in [0.15, 0.2) is 12.1 Å². The quantitative estimate of drug-likeness (QED) is 0.280. The maximum Gasteiger partial charge on any atom is 0.267 e. The van der Waals surface area contributed by atoms with Gasteiger partial charge in [0.1, 0.15) is 0 Å². The summed E-state index contributed by atoms with van der Waals surface area (Å²) < 4.78 is 10.0. The highest BCUT2D eigenvalue weighted by Crippen LogP contribution is 2.31. The van der Waals surface area contributed by atoms with Crippen LogP contribution < -0.4 is 26.5 Å². The minimum absolute atomic E-state index is 0.246. The van der Waals surface area contributed by atoms with Gasteiger partial charge in [-0.05, 0) is 6.07 Å². The molecule has 0 unspecified atom stereocenters. The molecule has 0 saturated heterocycles. The van der Waals surface area contributed by atoms with E-state index in [2.05, 4.69) is 0 Å². The summed E-state index contributed by atoms with van der Waals surface area (Å²) in [5.74, 6) is 5.41. The molecule has 0 radical (unpaired) electrons. The van der Waals surface area contributed by atoms with Gasteiger partial charge in [0.25, 0.3) is 5.91 Å². The molecule has 0 bridgehead atoms. The fourth-order valence-corrected chi connectivity index (χ4v) is 1.17. The predicted molar refractivity (Wildman–Crippen MR) is 55.6 cm³/mol. The second kappa shape index (κ2) is 4.52. The zero-order chi connectivity index (χ0) is 11.4. The highest BCUT2D eigenvalue weighted by atomic mass is 16.5. The number of carbonyl (C=O) groups is 1. The van der Waals surface area contributed by atoms with Gasteiger partial charge in [-0.3, -0.25) is 10.2 Å². The number of hydrogen-bond acceptors (Lipinski definition) is 5. The highest BCUT2D eigenvalue weighted by molar-refractivity contribution is 5.99. The monoisotopic (exact) mass is 211 g/mol. The number of anilines is 1. The summed E-state index contributed by atoms with van der Waals surface area (Å²) >= 11 is 0. The maximum absolute atomic E-state index is 11.3. The van der Waals surface area contributed by atoms with Crippen LogP contribution in [0.2, 0.25) is 0 Å². The molecule has 0 heterocycles. The summed E-state index contributed by atoms with van der Waals surface area (Å²) in [6, 6.07) is 2.97. The van der Waals surface area contributed by atoms with E-state index in [0.29, 0.717) is 11.5 Å². The number of ether oxygens (including phenoxy) is 2. The van der Waals surface area contributed by atoms with Crippen LogP contribution in [-0.4, -0.2) is 20.1 Å². The number of nitrogens with two attached hydrogens (primary N) is 2. The van der Waals surface area contributed by atoms with Gasteiger partial charge >= 0.3 is 0 Å². The minimum Gasteiger partial charge on any atom is -0.493 e. The Morgan fingerprint density at radius 2 is 1.80 bits per heavy atom. The molecule has 5 N–H and O–H groups in total. The predicted octanol–water partition coefficient (Wildman–Crippen LogP) is -0.110. The van der Waals surface area contributed by atoms with Gasteiger partial charge in [-0.2, -0.15) is 0 Å². The van der Waals surface area contributed by atoms with Crippen LogP contribution in [0.25, 0.3) is 0 Å². The molecule has 1 aromatic rings. The van der Waals surface area contributed by atoms with Gasteiger partial charge in [0.15, 0.2) is 11.5 Å². The van der Waals surface area contributed by atoms with E-state index in [4.69, 9.17) is 21.1 Å². The first-order valence-corrected chi connectivity index (χ1v) is 4.16. The van der Waals surface area contributed by atoms with Gasteiger partial charge in [-0.15, -0.1) is 0 Å². The lowest BCUT2D eigenvalue weighted by atomic mass is 10.1. The smallest absolute Gasteiger partial charge is 0.267 e. The van der Waals surface area contributed by atoms with Crippen molar-refractivity contribution in [1.82, 2.24) is 5.43 Å². The number of carbonyl (C=O) groups excluding carboxylic acids is 1. The maximum atomic E-state index is 11.3. The fraction of sp³-hybridized carbons (Fsp3) is 0.222. The molecule has 0 aliphatic carbocycles. The summed E-state index contributed by atoms with van der Waals surface area (Å²) in [4.78, 5) is 11.3. The van der Waals surface area contributed by atoms with Crippen LogP contribution in [-0.2, 0) is 0 Å². The number of hydrazine groups is 1. The second-order valence-corrected chi connectivity index (χ2v) is 2.77. The van der Waals surface area contributed by atoms with E-state index >= 15 is 0 Å². The van der Waals surface area contributed by atoms with Gasteiger partial charge in [0.2, 0.25) is 0 Å². The Labute approximate surface area is 87.1 Å². The van der Waals surface area contributed by atoms with Crippen LogP contribution in [0.4, 0.5) is 5.69 Å². The van der Waals surface area contributed by atoms with Gasteiger partial charge in [0.05, 0.1) is 19.8 Å². The first-order valence-electron chi connectivity index (χ1n) is 4.16. The van der Waals surface area contributed by atoms with Crippen LogP contribution in [0.3, 0.4) is 0 Å². The van der Waals surface area contributed by atoms with E-state index in [9.17, 15) is 4.79 Å². The number of rotatable bonds is 3. The molecule has 0 atom stereocenters. The van der Waals surface area contributed by atoms with E-state index in [1.807, 2.05) is 5.43 Å². The third-order valence-electron chi connectivity index (χ3n) is 1.93. The summed E-state index contributed by atoms with van der Waals surface area (Å²) in [5.41, 5.74) is 8.16. The number of nitrogen functional groups attached to an aromatic ring is 2. The topological polar surface area (TPSA) is 99.6 Å². The average Bonchev–Trinajstić information content (AvgIpc) is 2.27. The largest absolute Gasteiger partial charge is 0.493 e. The Morgan fingerprint density at radius 3 is 2.27 bits per heavy atom. The van der Waals surface area contributed by atoms with Crippen LogP contribution in [0.5, 0.6) is 11.5 Å². The van der Waals surface area contributed by atoms with Crippen molar-refractivity contribution in [2.24, 2.45) is 5.84 Å². The number of amides is 1. The van der Waals surface area contributed by atoms with Gasteiger partial charge in [-0.25, -0.2) is 5.84 Å². The molecule has 1 amide bonds. The third kappa shape index (κ3) is 2.10. The lowest BCUT2D eigenvalue weighted by Crippen LogP contribution is -2.30. The van der Waals surface area contributed by atoms with Crippen molar-refractivity contribution < 1.29 is 14.3 Å². The highest BCUT2D eigenvalue weighted by Gasteiger charge is 2.13. The summed E-state index contributed by atoms with van der Waals surface area (Å²) in [6.07, 6.45) is 0. The zero-order valence-electron chi connectivity index (χ0n) is 8.53. The first-order chi connectivity index (χ1) is 7.13. The van der Waals surface area contributed by atoms with Gasteiger partial charge in [-0.1, -0.05) is 0 Å². The van der Waals surface area contributed by atoms with Crippen molar-refractivity contribution in [2.75, 3.05) is 20.0 Å². The molecule has 0 spiro atoms. The molecular formula is C9H13N3O3. The Balaban J connectivity index is 3.25. The van der Waals surface area contributed by atoms with E-state index in [1.54, 1.807) is 0 Å². The van der Waals surface area contributed by atoms with Crippen molar-refractivity contribution in [1.29, 1.82) is 0 Å². The summed E-state index contributed by atoms with van der Waals surface area (Å²) in [7, 11) is 2.96. The standard InChI is InChI=1S/C9H13N3O3/c1-14-7-3-5(9(13)12-11)6(10)4-8(7)15-2/h3-4H,10-11H2,1-2H3,(H,12,13). The number of benzene rings is 1. The minimum atomic E-state index is -0.478. The Morgan fingerprint density at radius 1 is 1.27 bits per heavy atom. The van der Waals surface area contributed by atoms with E-state index in [-0.39, 0.29) is 11.3 Å². The molecule has 82 valence electrons. The number of methoxy groups -OCH3 is 2. The molecule has 1 aromatic carbocycles. The van der Waals surface area contributed by atoms with Crippen molar-refractivity contribution in [3.63, 3.8) is 0 Å². The molecular weight excluding hydrogens is 198 g/mol. The molecule has 0 fully saturated rings. The first kappa shape index (κ1) is 11.1. The number of nitrogens with one attached hydrogen (secondary N) is 1. The average molecular weight is 211 g/mol. The Kier molecular flexibility index (Phi) is 3.35. The molecule has 6 heteroatoms. The molecule has 15 heavy (non-hydrogen) atoms. The van der Waals surface area contributed by atoms with E-state index in [1.165, 1.54) is 26.4 Å². The third-order valence-corrected chi connectivity index (χ3v) is 1.93. The molecule has 0 aliphatic heterocycles. The van der Waals surface area contributed by atoms with Crippen LogP contribution in [0, 0.1) is 0 Å². The lowest BCUT2D eigenvalue weighted by molar-refractivity contribution is 0.0954. The lowest BCUT2D eigenvalue weighted by Gasteiger charge is -2.11. The molecule has 0 saturated carbocycles. The fourth-order valence-electron chi connectivity index (χ4n) is 1.17. The van der Waals surface area contributed by atoms with Crippen molar-refractivity contribution in [3.05, 3.63) is 17.7 Å². The zero-order valence-corrected chi connectivity index (χ0v) is 8.53. The summed E-state index contributed by atoms with van der Waals surface area (Å²) in [5, 5.41) is 0. The van der Waals surface area contributed by atoms with Crippen molar-refractivity contribution in [3.8, 4) is 11.5 Å². The Hall–Kier alpha value is -1.95. The van der Waals surface area contributed by atoms with E-state index < -0.39 is 5.91 Å². The second-order valence-electron chi connectivity index (χ2n) is 2.77. The number of hydrogen-bond donors (Lipinski definition) is 3. The van der Waals surface area contributed by atoms with Gasteiger partial charge in [0, 0.05) is 11.8 Å². The van der Waals surface area contributed by atoms with Crippen molar-refractivity contribution in [2.45, 2.75) is 0 Å². The van der Waals surface area contributed by atoms with Crippen LogP contribution in [0.1, 0.15) is 10.4 Å². The molecule has 0 aliphatic rings. The SMILES string of the molecule is COc1cc(N)c(C(=O)NN)cc1OC. The van der Waals surface area contributed by atoms with Gasteiger partial charge < -0.3 is 15.2 Å². The summed E-state index contributed by atoms with van der Waals surface area (Å²) in [6.45, 7) is 0. The van der Waals surface area contributed by atoms with Crippen LogP contribution >= 0.6 is 0 Å². The molecule has 0 aromatic heterocycles. The Bertz CT molecular complexity index is 379. The molecule has 1 rings (SSSR count).